The van der Waals surface area contributed by atoms with E-state index in [9.17, 15) is 9.59 Å². The van der Waals surface area contributed by atoms with Gasteiger partial charge in [-0.15, -0.1) is 0 Å². The van der Waals surface area contributed by atoms with Gasteiger partial charge in [-0.05, 0) is 25.2 Å². The van der Waals surface area contributed by atoms with E-state index >= 15 is 0 Å². The van der Waals surface area contributed by atoms with E-state index in [0.29, 0.717) is 17.2 Å². The molecule has 0 aliphatic carbocycles. The molecule has 0 bridgehead atoms. The summed E-state index contributed by atoms with van der Waals surface area (Å²) in [4.78, 5) is 21.8. The quantitative estimate of drug-likeness (QED) is 0.642. The van der Waals surface area contributed by atoms with Crippen LogP contribution in [0.5, 0.6) is 0 Å². The Morgan fingerprint density at radius 2 is 2.00 bits per heavy atom. The molecule has 0 aromatic heterocycles. The number of aliphatic carboxylic acids is 1. The Bertz CT molecular complexity index is 322. The number of amides is 1. The van der Waals surface area contributed by atoms with E-state index in [-0.39, 0.29) is 12.3 Å². The number of thioether (sulfide) groups is 1. The second-order valence-electron chi connectivity index (χ2n) is 5.62. The summed E-state index contributed by atoms with van der Waals surface area (Å²) in [7, 11) is 0. The molecule has 116 valence electrons. The molecule has 0 spiro atoms. The molecular weight excluding hydrogens is 274 g/mol. The van der Waals surface area contributed by atoms with E-state index in [1.165, 1.54) is 12.8 Å². The first-order chi connectivity index (χ1) is 9.54. The lowest BCUT2D eigenvalue weighted by Gasteiger charge is -2.24. The summed E-state index contributed by atoms with van der Waals surface area (Å²) in [6, 6.07) is 0.300. The number of carbonyl (C=O) groups excluding carboxylic acids is 1. The highest BCUT2D eigenvalue weighted by Gasteiger charge is 2.36. The Hall–Kier alpha value is -0.710. The molecule has 1 saturated heterocycles. The molecule has 5 heteroatoms. The van der Waals surface area contributed by atoms with Gasteiger partial charge in [0.1, 0.15) is 0 Å². The van der Waals surface area contributed by atoms with Crippen LogP contribution in [0.15, 0.2) is 0 Å². The highest BCUT2D eigenvalue weighted by atomic mass is 32.2. The molecule has 0 radical (unpaired) electrons. The third kappa shape index (κ3) is 6.16. The van der Waals surface area contributed by atoms with Gasteiger partial charge in [0.05, 0.1) is 0 Å². The topological polar surface area (TPSA) is 66.4 Å². The van der Waals surface area contributed by atoms with Crippen LogP contribution >= 0.6 is 11.8 Å². The van der Waals surface area contributed by atoms with Crippen LogP contribution in [0.2, 0.25) is 0 Å². The summed E-state index contributed by atoms with van der Waals surface area (Å²) in [6.45, 7) is 3.78. The maximum Gasteiger partial charge on any atom is 0.303 e. The van der Waals surface area contributed by atoms with Gasteiger partial charge in [0.2, 0.25) is 5.91 Å². The van der Waals surface area contributed by atoms with E-state index in [1.54, 1.807) is 6.92 Å². The lowest BCUT2D eigenvalue weighted by molar-refractivity contribution is -0.137. The zero-order valence-electron chi connectivity index (χ0n) is 12.6. The van der Waals surface area contributed by atoms with Gasteiger partial charge in [-0.25, -0.2) is 0 Å². The fourth-order valence-corrected chi connectivity index (χ4v) is 4.58. The van der Waals surface area contributed by atoms with E-state index in [4.69, 9.17) is 5.11 Å². The Kier molecular flexibility index (Phi) is 8.04. The van der Waals surface area contributed by atoms with Crippen molar-refractivity contribution in [1.82, 2.24) is 5.32 Å². The molecule has 2 N–H and O–H groups in total. The Labute approximate surface area is 126 Å². The predicted molar refractivity (Wildman–Crippen MR) is 83.0 cm³/mol. The van der Waals surface area contributed by atoms with Crippen LogP contribution in [0.3, 0.4) is 0 Å². The highest BCUT2D eigenvalue weighted by molar-refractivity contribution is 8.00. The molecule has 4 nitrogen and oxygen atoms in total. The number of rotatable bonds is 9. The van der Waals surface area contributed by atoms with Crippen molar-refractivity contribution in [2.24, 2.45) is 5.92 Å². The SMILES string of the molecule is CCCC[C@@H]1[C@H](NC(C)=O)CS[C@@H]1CCCCC(=O)O. The third-order valence-electron chi connectivity index (χ3n) is 3.89. The third-order valence-corrected chi connectivity index (χ3v) is 5.46. The van der Waals surface area contributed by atoms with E-state index < -0.39 is 5.97 Å². The summed E-state index contributed by atoms with van der Waals surface area (Å²) in [6.07, 6.45) is 6.62. The molecule has 0 saturated carbocycles. The van der Waals surface area contributed by atoms with Gasteiger partial charge in [-0.3, -0.25) is 9.59 Å². The smallest absolute Gasteiger partial charge is 0.303 e. The van der Waals surface area contributed by atoms with Crippen LogP contribution in [0.1, 0.15) is 58.8 Å². The second kappa shape index (κ2) is 9.27. The van der Waals surface area contributed by atoms with Crippen molar-refractivity contribution in [2.45, 2.75) is 70.1 Å². The molecule has 1 aliphatic heterocycles. The molecule has 0 aromatic rings. The van der Waals surface area contributed by atoms with E-state index in [2.05, 4.69) is 12.2 Å². The van der Waals surface area contributed by atoms with E-state index in [1.807, 2.05) is 11.8 Å². The van der Waals surface area contributed by atoms with Crippen molar-refractivity contribution in [2.75, 3.05) is 5.75 Å². The van der Waals surface area contributed by atoms with Crippen LogP contribution in [-0.2, 0) is 9.59 Å². The van der Waals surface area contributed by atoms with Crippen LogP contribution in [0.25, 0.3) is 0 Å². The standard InChI is InChI=1S/C15H27NO3S/c1-3-4-7-12-13(16-11(2)17)10-20-14(12)8-5-6-9-15(18)19/h12-14H,3-10H2,1-2H3,(H,16,17)(H,18,19)/t12-,13-,14-/m1/s1. The number of nitrogens with one attached hydrogen (secondary N) is 1. The Morgan fingerprint density at radius 1 is 1.25 bits per heavy atom. The number of hydrogen-bond donors (Lipinski definition) is 2. The van der Waals surface area contributed by atoms with Crippen LogP contribution < -0.4 is 5.32 Å². The summed E-state index contributed by atoms with van der Waals surface area (Å²) < 4.78 is 0. The van der Waals surface area contributed by atoms with Crippen molar-refractivity contribution >= 4 is 23.6 Å². The van der Waals surface area contributed by atoms with Gasteiger partial charge in [-0.2, -0.15) is 11.8 Å². The van der Waals surface area contributed by atoms with Gasteiger partial charge in [0.15, 0.2) is 0 Å². The van der Waals surface area contributed by atoms with Crippen LogP contribution in [0, 0.1) is 5.92 Å². The molecule has 1 amide bonds. The molecule has 20 heavy (non-hydrogen) atoms. The molecule has 1 rings (SSSR count). The summed E-state index contributed by atoms with van der Waals surface area (Å²) in [5.74, 6) is 0.900. The van der Waals surface area contributed by atoms with Crippen molar-refractivity contribution in [3.05, 3.63) is 0 Å². The largest absolute Gasteiger partial charge is 0.481 e. The van der Waals surface area contributed by atoms with Crippen LogP contribution in [-0.4, -0.2) is 34.0 Å². The average molecular weight is 301 g/mol. The van der Waals surface area contributed by atoms with Gasteiger partial charge in [-0.1, -0.05) is 26.2 Å². The predicted octanol–water partition coefficient (Wildman–Crippen LogP) is 3.06. The zero-order chi connectivity index (χ0) is 15.0. The summed E-state index contributed by atoms with van der Waals surface area (Å²) in [5.41, 5.74) is 0. The number of carboxylic acids is 1. The molecule has 0 unspecified atom stereocenters. The maximum atomic E-state index is 11.3. The first-order valence-electron chi connectivity index (χ1n) is 7.65. The average Bonchev–Trinajstić information content (AvgIpc) is 2.73. The first kappa shape index (κ1) is 17.3. The minimum absolute atomic E-state index is 0.0589. The van der Waals surface area contributed by atoms with Gasteiger partial charge < -0.3 is 10.4 Å². The summed E-state index contributed by atoms with van der Waals surface area (Å²) in [5, 5.41) is 12.3. The molecule has 3 atom stereocenters. The molecule has 1 heterocycles. The lowest BCUT2D eigenvalue weighted by Crippen LogP contribution is -2.40. The molecule has 1 fully saturated rings. The number of carbonyl (C=O) groups is 2. The van der Waals surface area contributed by atoms with Crippen molar-refractivity contribution in [1.29, 1.82) is 0 Å². The zero-order valence-corrected chi connectivity index (χ0v) is 13.4. The van der Waals surface area contributed by atoms with Gasteiger partial charge in [0.25, 0.3) is 0 Å². The fourth-order valence-electron chi connectivity index (χ4n) is 2.89. The van der Waals surface area contributed by atoms with Gasteiger partial charge in [0, 0.05) is 30.4 Å². The number of carboxylic acid groups (broad SMARTS) is 1. The van der Waals surface area contributed by atoms with Crippen molar-refractivity contribution in [3.8, 4) is 0 Å². The van der Waals surface area contributed by atoms with Crippen LogP contribution in [0.4, 0.5) is 0 Å². The van der Waals surface area contributed by atoms with Gasteiger partial charge >= 0.3 is 5.97 Å². The fraction of sp³-hybridized carbons (Fsp3) is 0.867. The normalized spacial score (nSPS) is 25.6. The minimum atomic E-state index is -0.706. The lowest BCUT2D eigenvalue weighted by atomic mass is 9.89. The maximum absolute atomic E-state index is 11.3. The highest BCUT2D eigenvalue weighted by Crippen LogP contribution is 2.38. The molecule has 1 aliphatic rings. The molecular formula is C15H27NO3S. The molecule has 0 aromatic carbocycles. The number of hydrogen-bond acceptors (Lipinski definition) is 3. The summed E-state index contributed by atoms with van der Waals surface area (Å²) >= 11 is 1.95. The van der Waals surface area contributed by atoms with E-state index in [0.717, 1.165) is 31.4 Å². The number of unbranched alkanes of at least 4 members (excludes halogenated alkanes) is 2. The Morgan fingerprint density at radius 3 is 2.60 bits per heavy atom. The Balaban J connectivity index is 2.42. The second-order valence-corrected chi connectivity index (χ2v) is 6.90. The minimum Gasteiger partial charge on any atom is -0.481 e. The first-order valence-corrected chi connectivity index (χ1v) is 8.70. The van der Waals surface area contributed by atoms with Crippen molar-refractivity contribution < 1.29 is 14.7 Å². The van der Waals surface area contributed by atoms with Crippen molar-refractivity contribution in [3.63, 3.8) is 0 Å². The monoisotopic (exact) mass is 301 g/mol.